The van der Waals surface area contributed by atoms with Crippen molar-refractivity contribution < 1.29 is 23.8 Å². The summed E-state index contributed by atoms with van der Waals surface area (Å²) in [5.74, 6) is 1.46. The maximum absolute atomic E-state index is 13.2. The molecule has 0 spiro atoms. The molecule has 0 aromatic heterocycles. The Labute approximate surface area is 180 Å². The Morgan fingerprint density at radius 1 is 1.00 bits per heavy atom. The molecule has 0 bridgehead atoms. The molecule has 158 valence electrons. The zero-order valence-corrected chi connectivity index (χ0v) is 17.5. The van der Waals surface area contributed by atoms with Gasteiger partial charge in [-0.3, -0.25) is 9.59 Å². The first-order valence-corrected chi connectivity index (χ1v) is 9.82. The molecule has 1 aliphatic heterocycles. The van der Waals surface area contributed by atoms with Crippen LogP contribution in [0.2, 0.25) is 0 Å². The number of hydrogen-bond donors (Lipinski definition) is 1. The molecule has 0 saturated heterocycles. The van der Waals surface area contributed by atoms with E-state index in [4.69, 9.17) is 14.2 Å². The monoisotopic (exact) mass is 418 g/mol. The second-order valence-electron chi connectivity index (χ2n) is 6.85. The number of nitrogens with one attached hydrogen (secondary N) is 1. The molecule has 1 aliphatic rings. The third-order valence-electron chi connectivity index (χ3n) is 5.06. The van der Waals surface area contributed by atoms with Crippen molar-refractivity contribution in [1.29, 1.82) is 0 Å². The molecule has 0 unspecified atom stereocenters. The molecule has 7 heteroatoms. The maximum Gasteiger partial charge on any atom is 0.262 e. The molecule has 0 saturated carbocycles. The lowest BCUT2D eigenvalue weighted by Crippen LogP contribution is -2.29. The van der Waals surface area contributed by atoms with Crippen molar-refractivity contribution in [2.75, 3.05) is 31.0 Å². The number of carbonyl (C=O) groups excluding carboxylic acids is 2. The number of amides is 2. The smallest absolute Gasteiger partial charge is 0.262 e. The number of methoxy groups -OCH3 is 2. The minimum absolute atomic E-state index is 0.194. The van der Waals surface area contributed by atoms with E-state index in [0.717, 1.165) is 0 Å². The van der Waals surface area contributed by atoms with Crippen molar-refractivity contribution in [3.63, 3.8) is 0 Å². The Hall–Kier alpha value is -4.00. The summed E-state index contributed by atoms with van der Waals surface area (Å²) in [7, 11) is 3.03. The summed E-state index contributed by atoms with van der Waals surface area (Å²) in [6.45, 7) is 2.39. The van der Waals surface area contributed by atoms with E-state index in [1.54, 1.807) is 48.4 Å². The molecule has 31 heavy (non-hydrogen) atoms. The number of carbonyl (C=O) groups is 2. The molecule has 0 fully saturated rings. The number of anilines is 2. The number of hydrogen-bond acceptors (Lipinski definition) is 5. The van der Waals surface area contributed by atoms with E-state index >= 15 is 0 Å². The van der Waals surface area contributed by atoms with Gasteiger partial charge in [0.05, 0.1) is 31.0 Å². The molecule has 0 radical (unpaired) electrons. The lowest BCUT2D eigenvalue weighted by Gasteiger charge is -2.19. The first-order valence-electron chi connectivity index (χ1n) is 9.82. The minimum Gasteiger partial charge on any atom is -0.497 e. The lowest BCUT2D eigenvalue weighted by atomic mass is 10.1. The average Bonchev–Trinajstić information content (AvgIpc) is 2.92. The number of nitrogens with zero attached hydrogens (tertiary/aromatic N) is 1. The van der Waals surface area contributed by atoms with Crippen LogP contribution in [0.5, 0.6) is 23.0 Å². The van der Waals surface area contributed by atoms with Gasteiger partial charge >= 0.3 is 0 Å². The second-order valence-corrected chi connectivity index (χ2v) is 6.85. The number of ether oxygens (including phenoxy) is 3. The molecule has 2 amide bonds. The van der Waals surface area contributed by atoms with Gasteiger partial charge < -0.3 is 24.4 Å². The standard InChI is InChI=1S/C24H22N2O5/c1-4-26-19-7-5-6-8-21(19)31-20-12-9-15(13-18(20)24(26)28)25-23(27)17-11-10-16(29-2)14-22(17)30-3/h5-14H,4H2,1-3H3,(H,25,27). The van der Waals surface area contributed by atoms with Crippen LogP contribution in [0.4, 0.5) is 11.4 Å². The summed E-state index contributed by atoms with van der Waals surface area (Å²) in [6, 6.07) is 17.4. The van der Waals surface area contributed by atoms with Crippen LogP contribution in [-0.4, -0.2) is 32.6 Å². The molecule has 3 aromatic carbocycles. The normalized spacial score (nSPS) is 12.2. The summed E-state index contributed by atoms with van der Waals surface area (Å²) < 4.78 is 16.5. The van der Waals surface area contributed by atoms with Gasteiger partial charge in [-0.25, -0.2) is 0 Å². The average molecular weight is 418 g/mol. The van der Waals surface area contributed by atoms with Gasteiger partial charge in [-0.1, -0.05) is 12.1 Å². The van der Waals surface area contributed by atoms with E-state index in [9.17, 15) is 9.59 Å². The summed E-state index contributed by atoms with van der Waals surface area (Å²) in [5, 5.41) is 2.83. The highest BCUT2D eigenvalue weighted by molar-refractivity contribution is 6.11. The molecule has 0 atom stereocenters. The number of benzene rings is 3. The van der Waals surface area contributed by atoms with Gasteiger partial charge in [-0.05, 0) is 49.4 Å². The van der Waals surface area contributed by atoms with E-state index in [0.29, 0.717) is 52.0 Å². The lowest BCUT2D eigenvalue weighted by molar-refractivity contribution is 0.0985. The Bertz CT molecular complexity index is 1160. The van der Waals surface area contributed by atoms with Gasteiger partial charge in [0.1, 0.15) is 17.2 Å². The molecular formula is C24H22N2O5. The van der Waals surface area contributed by atoms with Crippen LogP contribution in [0, 0.1) is 0 Å². The molecular weight excluding hydrogens is 396 g/mol. The molecule has 4 rings (SSSR count). The largest absolute Gasteiger partial charge is 0.497 e. The van der Waals surface area contributed by atoms with Gasteiger partial charge in [0.25, 0.3) is 11.8 Å². The molecule has 3 aromatic rings. The van der Waals surface area contributed by atoms with Gasteiger partial charge in [0.15, 0.2) is 5.75 Å². The fourth-order valence-electron chi connectivity index (χ4n) is 3.50. The van der Waals surface area contributed by atoms with Crippen LogP contribution >= 0.6 is 0 Å². The summed E-state index contributed by atoms with van der Waals surface area (Å²) in [5.41, 5.74) is 1.90. The fourth-order valence-corrected chi connectivity index (χ4v) is 3.50. The highest BCUT2D eigenvalue weighted by atomic mass is 16.5. The molecule has 1 heterocycles. The van der Waals surface area contributed by atoms with Crippen molar-refractivity contribution in [2.24, 2.45) is 0 Å². The highest BCUT2D eigenvalue weighted by Gasteiger charge is 2.27. The third kappa shape index (κ3) is 3.77. The second kappa shape index (κ2) is 8.39. The van der Waals surface area contributed by atoms with E-state index in [1.165, 1.54) is 7.11 Å². The molecule has 7 nitrogen and oxygen atoms in total. The van der Waals surface area contributed by atoms with Crippen LogP contribution in [0.1, 0.15) is 27.6 Å². The Morgan fingerprint density at radius 3 is 2.55 bits per heavy atom. The summed E-state index contributed by atoms with van der Waals surface area (Å²) in [4.78, 5) is 27.7. The Kier molecular flexibility index (Phi) is 5.49. The van der Waals surface area contributed by atoms with E-state index in [1.807, 2.05) is 31.2 Å². The molecule has 1 N–H and O–H groups in total. The number of rotatable bonds is 5. The zero-order chi connectivity index (χ0) is 22.0. The SMILES string of the molecule is CCN1C(=O)c2cc(NC(=O)c3ccc(OC)cc3OC)ccc2Oc2ccccc21. The quantitative estimate of drug-likeness (QED) is 0.648. The number of para-hydroxylation sites is 2. The molecule has 0 aliphatic carbocycles. The van der Waals surface area contributed by atoms with Gasteiger partial charge in [0.2, 0.25) is 0 Å². The minimum atomic E-state index is -0.364. The van der Waals surface area contributed by atoms with Crippen molar-refractivity contribution in [2.45, 2.75) is 6.92 Å². The van der Waals surface area contributed by atoms with Crippen LogP contribution in [0.25, 0.3) is 0 Å². The van der Waals surface area contributed by atoms with E-state index < -0.39 is 0 Å². The van der Waals surface area contributed by atoms with Gasteiger partial charge in [-0.2, -0.15) is 0 Å². The Balaban J connectivity index is 1.66. The van der Waals surface area contributed by atoms with Crippen LogP contribution in [0.3, 0.4) is 0 Å². The van der Waals surface area contributed by atoms with Crippen molar-refractivity contribution in [1.82, 2.24) is 0 Å². The van der Waals surface area contributed by atoms with Crippen molar-refractivity contribution in [3.8, 4) is 23.0 Å². The number of fused-ring (bicyclic) bond motifs is 2. The summed E-state index contributed by atoms with van der Waals surface area (Å²) in [6.07, 6.45) is 0. The van der Waals surface area contributed by atoms with Crippen LogP contribution < -0.4 is 24.4 Å². The van der Waals surface area contributed by atoms with E-state index in [-0.39, 0.29) is 11.8 Å². The van der Waals surface area contributed by atoms with Gasteiger partial charge in [-0.15, -0.1) is 0 Å². The highest BCUT2D eigenvalue weighted by Crippen LogP contribution is 2.39. The predicted octanol–water partition coefficient (Wildman–Crippen LogP) is 4.73. The zero-order valence-electron chi connectivity index (χ0n) is 17.5. The van der Waals surface area contributed by atoms with E-state index in [2.05, 4.69) is 5.32 Å². The third-order valence-corrected chi connectivity index (χ3v) is 5.06. The predicted molar refractivity (Wildman–Crippen MR) is 118 cm³/mol. The Morgan fingerprint density at radius 2 is 1.81 bits per heavy atom. The van der Waals surface area contributed by atoms with Crippen LogP contribution in [0.15, 0.2) is 60.7 Å². The topological polar surface area (TPSA) is 77.1 Å². The fraction of sp³-hybridized carbons (Fsp3) is 0.167. The van der Waals surface area contributed by atoms with Crippen molar-refractivity contribution in [3.05, 3.63) is 71.8 Å². The van der Waals surface area contributed by atoms with Crippen LogP contribution in [-0.2, 0) is 0 Å². The first kappa shape index (κ1) is 20.3. The first-order chi connectivity index (χ1) is 15.0. The summed E-state index contributed by atoms with van der Waals surface area (Å²) >= 11 is 0. The maximum atomic E-state index is 13.2. The van der Waals surface area contributed by atoms with Gasteiger partial charge in [0, 0.05) is 18.3 Å². The van der Waals surface area contributed by atoms with Crippen molar-refractivity contribution >= 4 is 23.2 Å².